The molecule has 0 aliphatic carbocycles. The topological polar surface area (TPSA) is 55.0 Å². The molecule has 0 aliphatic rings. The molecule has 0 radical (unpaired) electrons. The van der Waals surface area contributed by atoms with E-state index >= 15 is 0 Å². The van der Waals surface area contributed by atoms with Gasteiger partial charge in [0.15, 0.2) is 5.82 Å². The van der Waals surface area contributed by atoms with Gasteiger partial charge in [-0.15, -0.1) is 0 Å². The molecule has 1 heterocycles. The summed E-state index contributed by atoms with van der Waals surface area (Å²) in [7, 11) is 0. The van der Waals surface area contributed by atoms with Gasteiger partial charge in [-0.1, -0.05) is 6.92 Å². The molecule has 90 valence electrons. The fraction of sp³-hybridized carbons (Fsp3) is 0.556. The lowest BCUT2D eigenvalue weighted by atomic mass is 10.3. The lowest BCUT2D eigenvalue weighted by molar-refractivity contribution is -0.119. The van der Waals surface area contributed by atoms with Gasteiger partial charge >= 0.3 is 6.18 Å². The van der Waals surface area contributed by atoms with Crippen molar-refractivity contribution in [3.63, 3.8) is 0 Å². The van der Waals surface area contributed by atoms with Gasteiger partial charge in [-0.3, -0.25) is 0 Å². The minimum atomic E-state index is -4.27. The van der Waals surface area contributed by atoms with Gasteiger partial charge < -0.3 is 10.6 Å². The van der Waals surface area contributed by atoms with Crippen molar-refractivity contribution in [3.05, 3.63) is 12.5 Å². The SMILES string of the molecule is CCCN(CC(F)(F)F)c1ncncc1N. The predicted molar refractivity (Wildman–Crippen MR) is 55.0 cm³/mol. The second kappa shape index (κ2) is 5.00. The standard InChI is InChI=1S/C9H13F3N4/c1-2-3-16(5-9(10,11)12)8-7(13)4-14-6-15-8/h4,6H,2-3,5,13H2,1H3. The van der Waals surface area contributed by atoms with E-state index in [-0.39, 0.29) is 18.1 Å². The molecule has 1 aromatic rings. The molecule has 0 bridgehead atoms. The van der Waals surface area contributed by atoms with Crippen molar-refractivity contribution in [3.8, 4) is 0 Å². The van der Waals surface area contributed by atoms with Crippen molar-refractivity contribution in [1.29, 1.82) is 0 Å². The van der Waals surface area contributed by atoms with Gasteiger partial charge in [-0.2, -0.15) is 13.2 Å². The summed E-state index contributed by atoms with van der Waals surface area (Å²) in [6, 6.07) is 0. The zero-order chi connectivity index (χ0) is 12.2. The van der Waals surface area contributed by atoms with Crippen LogP contribution in [0.15, 0.2) is 12.5 Å². The Kier molecular flexibility index (Phi) is 3.92. The number of nitrogens with zero attached hydrogens (tertiary/aromatic N) is 3. The minimum absolute atomic E-state index is 0.133. The molecule has 1 rings (SSSR count). The van der Waals surface area contributed by atoms with E-state index < -0.39 is 12.7 Å². The van der Waals surface area contributed by atoms with Crippen molar-refractivity contribution in [2.75, 3.05) is 23.7 Å². The summed E-state index contributed by atoms with van der Waals surface area (Å²) >= 11 is 0. The fourth-order valence-corrected chi connectivity index (χ4v) is 1.34. The average molecular weight is 234 g/mol. The summed E-state index contributed by atoms with van der Waals surface area (Å²) in [4.78, 5) is 8.52. The lowest BCUT2D eigenvalue weighted by Crippen LogP contribution is -2.35. The number of hydrogen-bond acceptors (Lipinski definition) is 4. The van der Waals surface area contributed by atoms with Crippen molar-refractivity contribution in [1.82, 2.24) is 9.97 Å². The van der Waals surface area contributed by atoms with Crippen LogP contribution in [0.25, 0.3) is 0 Å². The molecule has 1 aromatic heterocycles. The number of rotatable bonds is 4. The van der Waals surface area contributed by atoms with E-state index in [1.54, 1.807) is 6.92 Å². The summed E-state index contributed by atoms with van der Waals surface area (Å²) in [5.41, 5.74) is 5.69. The number of halogens is 3. The number of nitrogen functional groups attached to an aromatic ring is 1. The number of hydrogen-bond donors (Lipinski definition) is 1. The van der Waals surface area contributed by atoms with Crippen molar-refractivity contribution >= 4 is 11.5 Å². The van der Waals surface area contributed by atoms with Crippen LogP contribution in [-0.2, 0) is 0 Å². The van der Waals surface area contributed by atoms with Crippen LogP contribution in [0, 0.1) is 0 Å². The molecule has 0 unspecified atom stereocenters. The normalized spacial score (nSPS) is 11.5. The van der Waals surface area contributed by atoms with E-state index in [0.717, 1.165) is 4.90 Å². The number of nitrogens with two attached hydrogens (primary N) is 1. The average Bonchev–Trinajstić information content (AvgIpc) is 2.16. The van der Waals surface area contributed by atoms with E-state index in [1.807, 2.05) is 0 Å². The van der Waals surface area contributed by atoms with Crippen LogP contribution >= 0.6 is 0 Å². The maximum atomic E-state index is 12.3. The summed E-state index contributed by atoms with van der Waals surface area (Å²) in [6.45, 7) is 0.990. The second-order valence-corrected chi connectivity index (χ2v) is 3.34. The van der Waals surface area contributed by atoms with E-state index in [9.17, 15) is 13.2 Å². The zero-order valence-electron chi connectivity index (χ0n) is 8.83. The summed E-state index contributed by atoms with van der Waals surface area (Å²) in [5, 5.41) is 0. The first kappa shape index (κ1) is 12.5. The molecule has 16 heavy (non-hydrogen) atoms. The molecule has 0 saturated carbocycles. The summed E-state index contributed by atoms with van der Waals surface area (Å²) < 4.78 is 37.0. The van der Waals surface area contributed by atoms with E-state index in [2.05, 4.69) is 9.97 Å². The van der Waals surface area contributed by atoms with Crippen LogP contribution in [-0.4, -0.2) is 29.2 Å². The third kappa shape index (κ3) is 3.56. The maximum absolute atomic E-state index is 12.3. The third-order valence-corrected chi connectivity index (χ3v) is 1.88. The van der Waals surface area contributed by atoms with Crippen LogP contribution in [0.2, 0.25) is 0 Å². The van der Waals surface area contributed by atoms with Gasteiger partial charge in [0.25, 0.3) is 0 Å². The lowest BCUT2D eigenvalue weighted by Gasteiger charge is -2.25. The van der Waals surface area contributed by atoms with Gasteiger partial charge in [-0.05, 0) is 6.42 Å². The number of alkyl halides is 3. The molecule has 7 heteroatoms. The second-order valence-electron chi connectivity index (χ2n) is 3.34. The fourth-order valence-electron chi connectivity index (χ4n) is 1.34. The highest BCUT2D eigenvalue weighted by molar-refractivity contribution is 5.60. The first-order valence-corrected chi connectivity index (χ1v) is 4.81. The van der Waals surface area contributed by atoms with Crippen LogP contribution < -0.4 is 10.6 Å². The van der Waals surface area contributed by atoms with Crippen molar-refractivity contribution in [2.45, 2.75) is 19.5 Å². The quantitative estimate of drug-likeness (QED) is 0.863. The van der Waals surface area contributed by atoms with Gasteiger partial charge in [0.1, 0.15) is 12.9 Å². The molecular weight excluding hydrogens is 221 g/mol. The molecule has 2 N–H and O–H groups in total. The van der Waals surface area contributed by atoms with Crippen molar-refractivity contribution < 1.29 is 13.2 Å². The Bertz CT molecular complexity index is 340. The largest absolute Gasteiger partial charge is 0.405 e. The van der Waals surface area contributed by atoms with Crippen molar-refractivity contribution in [2.24, 2.45) is 0 Å². The molecule has 0 amide bonds. The molecule has 4 nitrogen and oxygen atoms in total. The van der Waals surface area contributed by atoms with Crippen LogP contribution in [0.1, 0.15) is 13.3 Å². The monoisotopic (exact) mass is 234 g/mol. The Morgan fingerprint density at radius 2 is 2.12 bits per heavy atom. The summed E-state index contributed by atoms with van der Waals surface area (Å²) in [6.07, 6.45) is -1.21. The first-order chi connectivity index (χ1) is 7.44. The van der Waals surface area contributed by atoms with Gasteiger partial charge in [-0.25, -0.2) is 9.97 Å². The van der Waals surface area contributed by atoms with Crippen LogP contribution in [0.4, 0.5) is 24.7 Å². The van der Waals surface area contributed by atoms with E-state index in [4.69, 9.17) is 5.73 Å². The minimum Gasteiger partial charge on any atom is -0.394 e. The third-order valence-electron chi connectivity index (χ3n) is 1.88. The molecule has 0 aromatic carbocycles. The predicted octanol–water partition coefficient (Wildman–Crippen LogP) is 1.84. The Balaban J connectivity index is 2.89. The highest BCUT2D eigenvalue weighted by atomic mass is 19.4. The van der Waals surface area contributed by atoms with Crippen LogP contribution in [0.5, 0.6) is 0 Å². The summed E-state index contributed by atoms with van der Waals surface area (Å²) in [5.74, 6) is 0.133. The Labute approximate surface area is 91.3 Å². The van der Waals surface area contributed by atoms with Gasteiger partial charge in [0.05, 0.1) is 11.9 Å². The molecule has 0 saturated heterocycles. The van der Waals surface area contributed by atoms with Gasteiger partial charge in [0, 0.05) is 6.54 Å². The first-order valence-electron chi connectivity index (χ1n) is 4.81. The Morgan fingerprint density at radius 1 is 1.44 bits per heavy atom. The number of anilines is 2. The highest BCUT2D eigenvalue weighted by Gasteiger charge is 2.31. The Morgan fingerprint density at radius 3 is 2.62 bits per heavy atom. The van der Waals surface area contributed by atoms with E-state index in [1.165, 1.54) is 12.5 Å². The highest BCUT2D eigenvalue weighted by Crippen LogP contribution is 2.24. The number of aromatic nitrogens is 2. The molecular formula is C9H13F3N4. The molecule has 0 atom stereocenters. The molecule has 0 aliphatic heterocycles. The Hall–Kier alpha value is -1.53. The van der Waals surface area contributed by atoms with E-state index in [0.29, 0.717) is 6.42 Å². The smallest absolute Gasteiger partial charge is 0.394 e. The van der Waals surface area contributed by atoms with Gasteiger partial charge in [0.2, 0.25) is 0 Å². The maximum Gasteiger partial charge on any atom is 0.405 e. The van der Waals surface area contributed by atoms with Crippen LogP contribution in [0.3, 0.4) is 0 Å². The zero-order valence-corrected chi connectivity index (χ0v) is 8.83. The molecule has 0 spiro atoms. The molecule has 0 fully saturated rings.